The van der Waals surface area contributed by atoms with Gasteiger partial charge in [-0.15, -0.1) is 0 Å². The summed E-state index contributed by atoms with van der Waals surface area (Å²) in [6, 6.07) is 13.2. The van der Waals surface area contributed by atoms with Gasteiger partial charge in [0.05, 0.1) is 18.2 Å². The maximum absolute atomic E-state index is 13.1. The number of carbonyl (C=O) groups is 1. The molecule has 1 amide bonds. The van der Waals surface area contributed by atoms with Gasteiger partial charge < -0.3 is 19.5 Å². The van der Waals surface area contributed by atoms with Crippen LogP contribution >= 0.6 is 0 Å². The molecule has 4 rings (SSSR count). The van der Waals surface area contributed by atoms with E-state index in [1.807, 2.05) is 6.92 Å². The first-order valence-electron chi connectivity index (χ1n) is 10.1. The van der Waals surface area contributed by atoms with Gasteiger partial charge in [-0.1, -0.05) is 24.3 Å². The van der Waals surface area contributed by atoms with Crippen LogP contribution in [0.1, 0.15) is 28.4 Å². The molecule has 0 spiro atoms. The summed E-state index contributed by atoms with van der Waals surface area (Å²) >= 11 is 0. The molecule has 0 radical (unpaired) electrons. The van der Waals surface area contributed by atoms with Crippen molar-refractivity contribution in [1.82, 2.24) is 9.80 Å². The number of methoxy groups -OCH3 is 1. The smallest absolute Gasteiger partial charge is 0.257 e. The number of rotatable bonds is 5. The molecular formula is C23H28N2O4. The van der Waals surface area contributed by atoms with Gasteiger partial charge in [0.1, 0.15) is 17.6 Å². The predicted octanol–water partition coefficient (Wildman–Crippen LogP) is 2.69. The number of nitrogens with zero attached hydrogens (tertiary/aromatic N) is 2. The number of fused-ring (bicyclic) bond motifs is 2. The van der Waals surface area contributed by atoms with E-state index in [1.54, 1.807) is 18.1 Å². The molecule has 2 aromatic carbocycles. The fourth-order valence-corrected chi connectivity index (χ4v) is 4.21. The molecule has 0 bridgehead atoms. The number of aromatic hydroxyl groups is 1. The molecule has 2 unspecified atom stereocenters. The molecule has 1 N–H and O–H groups in total. The van der Waals surface area contributed by atoms with E-state index in [9.17, 15) is 9.90 Å². The van der Waals surface area contributed by atoms with Crippen molar-refractivity contribution < 1.29 is 19.4 Å². The van der Waals surface area contributed by atoms with Crippen molar-refractivity contribution in [2.24, 2.45) is 0 Å². The largest absolute Gasteiger partial charge is 0.508 e. The molecule has 0 aromatic heterocycles. The summed E-state index contributed by atoms with van der Waals surface area (Å²) < 4.78 is 11.6. The van der Waals surface area contributed by atoms with Gasteiger partial charge >= 0.3 is 0 Å². The van der Waals surface area contributed by atoms with Crippen LogP contribution in [0.4, 0.5) is 0 Å². The average Bonchev–Trinajstić information content (AvgIpc) is 2.82. The lowest BCUT2D eigenvalue weighted by Gasteiger charge is -2.33. The number of ether oxygens (including phenoxy) is 2. The standard InChI is InChI=1S/C23H28N2O4/c1-16-12-25(23(27)21-8-7-19(26)11-22(21)29-16)15-20(28-2)14-24-10-9-17-5-3-4-6-18(17)13-24/h3-8,11,16,20,26H,9-10,12-15H2,1-2H3. The fraction of sp³-hybridized carbons (Fsp3) is 0.435. The van der Waals surface area contributed by atoms with E-state index in [1.165, 1.54) is 23.3 Å². The number of hydrogen-bond donors (Lipinski definition) is 1. The van der Waals surface area contributed by atoms with Gasteiger partial charge in [-0.25, -0.2) is 0 Å². The fourth-order valence-electron chi connectivity index (χ4n) is 4.21. The number of phenolic OH excluding ortho intramolecular Hbond substituents is 1. The molecule has 0 saturated carbocycles. The maximum atomic E-state index is 13.1. The molecule has 154 valence electrons. The van der Waals surface area contributed by atoms with E-state index < -0.39 is 0 Å². The van der Waals surface area contributed by atoms with Crippen LogP contribution in [-0.2, 0) is 17.7 Å². The molecule has 2 aliphatic rings. The van der Waals surface area contributed by atoms with E-state index in [2.05, 4.69) is 29.2 Å². The van der Waals surface area contributed by atoms with Gasteiger partial charge in [0.25, 0.3) is 5.91 Å². The summed E-state index contributed by atoms with van der Waals surface area (Å²) in [5.74, 6) is 0.444. The van der Waals surface area contributed by atoms with Crippen LogP contribution in [0.3, 0.4) is 0 Å². The topological polar surface area (TPSA) is 62.2 Å². The van der Waals surface area contributed by atoms with Crippen molar-refractivity contribution >= 4 is 5.91 Å². The van der Waals surface area contributed by atoms with Crippen LogP contribution in [0.15, 0.2) is 42.5 Å². The lowest BCUT2D eigenvalue weighted by Crippen LogP contribution is -2.46. The second-order valence-electron chi connectivity index (χ2n) is 7.93. The Hall–Kier alpha value is -2.57. The molecule has 29 heavy (non-hydrogen) atoms. The molecule has 2 aliphatic heterocycles. The van der Waals surface area contributed by atoms with Crippen LogP contribution in [0.25, 0.3) is 0 Å². The lowest BCUT2D eigenvalue weighted by molar-refractivity contribution is 0.0238. The lowest BCUT2D eigenvalue weighted by atomic mass is 10.00. The minimum atomic E-state index is -0.165. The minimum Gasteiger partial charge on any atom is -0.508 e. The SMILES string of the molecule is COC(CN1CCc2ccccc2C1)CN1CC(C)Oc2cc(O)ccc2C1=O. The third-order valence-electron chi connectivity index (χ3n) is 5.72. The molecule has 2 heterocycles. The molecule has 6 heteroatoms. The van der Waals surface area contributed by atoms with Crippen molar-refractivity contribution in [3.05, 3.63) is 59.2 Å². The first-order chi connectivity index (χ1) is 14.0. The zero-order valence-corrected chi connectivity index (χ0v) is 17.0. The molecular weight excluding hydrogens is 368 g/mol. The monoisotopic (exact) mass is 396 g/mol. The number of phenols is 1. The summed E-state index contributed by atoms with van der Waals surface area (Å²) in [6.45, 7) is 5.59. The zero-order chi connectivity index (χ0) is 20.4. The minimum absolute atomic E-state index is 0.0876. The summed E-state index contributed by atoms with van der Waals surface area (Å²) in [7, 11) is 1.71. The van der Waals surface area contributed by atoms with Crippen LogP contribution in [0, 0.1) is 0 Å². The second kappa shape index (κ2) is 8.43. The number of amides is 1. The Morgan fingerprint density at radius 2 is 2.00 bits per heavy atom. The number of benzene rings is 2. The van der Waals surface area contributed by atoms with E-state index in [0.29, 0.717) is 24.4 Å². The maximum Gasteiger partial charge on any atom is 0.257 e. The second-order valence-corrected chi connectivity index (χ2v) is 7.93. The van der Waals surface area contributed by atoms with Gasteiger partial charge in [0, 0.05) is 39.4 Å². The van der Waals surface area contributed by atoms with Gasteiger partial charge in [0.15, 0.2) is 0 Å². The highest BCUT2D eigenvalue weighted by Crippen LogP contribution is 2.29. The third-order valence-corrected chi connectivity index (χ3v) is 5.72. The van der Waals surface area contributed by atoms with Crippen molar-refractivity contribution in [3.8, 4) is 11.5 Å². The average molecular weight is 396 g/mol. The van der Waals surface area contributed by atoms with E-state index in [4.69, 9.17) is 9.47 Å². The quantitative estimate of drug-likeness (QED) is 0.842. The summed E-state index contributed by atoms with van der Waals surface area (Å²) in [4.78, 5) is 17.3. The normalized spacial score (nSPS) is 20.4. The van der Waals surface area contributed by atoms with Crippen molar-refractivity contribution in [2.75, 3.05) is 33.3 Å². The van der Waals surface area contributed by atoms with E-state index >= 15 is 0 Å². The Labute approximate surface area is 171 Å². The Morgan fingerprint density at radius 3 is 2.79 bits per heavy atom. The van der Waals surface area contributed by atoms with Gasteiger partial charge in [0.2, 0.25) is 0 Å². The third kappa shape index (κ3) is 4.38. The molecule has 2 aromatic rings. The first kappa shape index (κ1) is 19.7. The molecule has 0 fully saturated rings. The van der Waals surface area contributed by atoms with E-state index in [0.717, 1.165) is 26.1 Å². The Bertz CT molecular complexity index is 885. The van der Waals surface area contributed by atoms with Crippen LogP contribution < -0.4 is 4.74 Å². The molecule has 0 saturated heterocycles. The molecule has 0 aliphatic carbocycles. The van der Waals surface area contributed by atoms with Crippen molar-refractivity contribution in [1.29, 1.82) is 0 Å². The van der Waals surface area contributed by atoms with E-state index in [-0.39, 0.29) is 23.9 Å². The number of hydrogen-bond acceptors (Lipinski definition) is 5. The summed E-state index contributed by atoms with van der Waals surface area (Å²) in [6.07, 6.45) is 0.785. The van der Waals surface area contributed by atoms with Crippen LogP contribution in [-0.4, -0.2) is 66.3 Å². The van der Waals surface area contributed by atoms with Gasteiger partial charge in [-0.05, 0) is 36.6 Å². The number of carbonyl (C=O) groups excluding carboxylic acids is 1. The highest BCUT2D eigenvalue weighted by molar-refractivity contribution is 5.97. The highest BCUT2D eigenvalue weighted by Gasteiger charge is 2.30. The first-order valence-corrected chi connectivity index (χ1v) is 10.1. The zero-order valence-electron chi connectivity index (χ0n) is 17.0. The Balaban J connectivity index is 1.45. The Morgan fingerprint density at radius 1 is 1.21 bits per heavy atom. The summed E-state index contributed by atoms with van der Waals surface area (Å²) in [5.41, 5.74) is 3.27. The predicted molar refractivity (Wildman–Crippen MR) is 110 cm³/mol. The van der Waals surface area contributed by atoms with Gasteiger partial charge in [-0.2, -0.15) is 0 Å². The van der Waals surface area contributed by atoms with Crippen molar-refractivity contribution in [3.63, 3.8) is 0 Å². The highest BCUT2D eigenvalue weighted by atomic mass is 16.5. The summed E-state index contributed by atoms with van der Waals surface area (Å²) in [5, 5.41) is 9.72. The molecule has 6 nitrogen and oxygen atoms in total. The van der Waals surface area contributed by atoms with Crippen molar-refractivity contribution in [2.45, 2.75) is 32.1 Å². The molecule has 2 atom stereocenters. The van der Waals surface area contributed by atoms with Gasteiger partial charge in [-0.3, -0.25) is 9.69 Å². The Kier molecular flexibility index (Phi) is 5.74. The van der Waals surface area contributed by atoms with Crippen LogP contribution in [0.5, 0.6) is 11.5 Å². The van der Waals surface area contributed by atoms with Crippen LogP contribution in [0.2, 0.25) is 0 Å².